The predicted octanol–water partition coefficient (Wildman–Crippen LogP) is 3.53. The van der Waals surface area contributed by atoms with Gasteiger partial charge in [-0.05, 0) is 30.6 Å². The lowest BCUT2D eigenvalue weighted by Crippen LogP contribution is -2.30. The van der Waals surface area contributed by atoms with E-state index in [1.807, 2.05) is 0 Å². The minimum Gasteiger partial charge on any atom is -0.0871 e. The van der Waals surface area contributed by atoms with Gasteiger partial charge in [0.2, 0.25) is 0 Å². The van der Waals surface area contributed by atoms with Gasteiger partial charge < -0.3 is 0 Å². The van der Waals surface area contributed by atoms with Crippen LogP contribution in [0.3, 0.4) is 0 Å². The van der Waals surface area contributed by atoms with Gasteiger partial charge in [0, 0.05) is 0 Å². The molecule has 0 aliphatic heterocycles. The Labute approximate surface area is 69.7 Å². The molecule has 0 aromatic rings. The zero-order valence-electron chi connectivity index (χ0n) is 7.47. The van der Waals surface area contributed by atoms with E-state index >= 15 is 0 Å². The molecule has 0 N–H and O–H groups in total. The molecule has 2 aliphatic rings. The van der Waals surface area contributed by atoms with Crippen molar-refractivity contribution in [2.75, 3.05) is 0 Å². The van der Waals surface area contributed by atoms with Gasteiger partial charge in [-0.1, -0.05) is 38.3 Å². The largest absolute Gasteiger partial charge is 0.0871 e. The van der Waals surface area contributed by atoms with Crippen LogP contribution >= 0.6 is 0 Å². The maximum atomic E-state index is 2.47. The second-order valence-corrected chi connectivity index (χ2v) is 4.34. The van der Waals surface area contributed by atoms with Crippen LogP contribution in [0.1, 0.15) is 45.4 Å². The van der Waals surface area contributed by atoms with Gasteiger partial charge in [0.15, 0.2) is 0 Å². The number of rotatable bonds is 1. The lowest BCUT2D eigenvalue weighted by molar-refractivity contribution is 0.172. The summed E-state index contributed by atoms with van der Waals surface area (Å²) in [5, 5.41) is 0. The van der Waals surface area contributed by atoms with Crippen molar-refractivity contribution in [2.24, 2.45) is 11.3 Å². The lowest BCUT2D eigenvalue weighted by atomic mass is 9.63. The summed E-state index contributed by atoms with van der Waals surface area (Å²) in [6.07, 6.45) is 13.5. The molecule has 2 unspecified atom stereocenters. The summed E-state index contributed by atoms with van der Waals surface area (Å²) in [7, 11) is 0. The van der Waals surface area contributed by atoms with Gasteiger partial charge in [-0.25, -0.2) is 0 Å². The Kier molecular flexibility index (Phi) is 1.78. The van der Waals surface area contributed by atoms with E-state index in [1.54, 1.807) is 0 Å². The van der Waals surface area contributed by atoms with Gasteiger partial charge in [-0.2, -0.15) is 0 Å². The Bertz CT molecular complexity index is 169. The first kappa shape index (κ1) is 7.39. The third-order valence-electron chi connectivity index (χ3n) is 3.56. The Morgan fingerprint density at radius 2 is 2.36 bits per heavy atom. The molecule has 0 bridgehead atoms. The lowest BCUT2D eigenvalue weighted by Gasteiger charge is -2.42. The van der Waals surface area contributed by atoms with Crippen molar-refractivity contribution < 1.29 is 0 Å². The van der Waals surface area contributed by atoms with Crippen LogP contribution in [0, 0.1) is 11.3 Å². The fourth-order valence-electron chi connectivity index (χ4n) is 2.66. The molecule has 11 heavy (non-hydrogen) atoms. The normalized spacial score (nSPS) is 42.5. The van der Waals surface area contributed by atoms with Crippen LogP contribution in [0.5, 0.6) is 0 Å². The standard InChI is InChI=1S/C11H18/c1-2-10-5-3-6-11(9-10)7-4-8-11/h4,7,10H,2-3,5-6,8-9H2,1H3. The molecule has 62 valence electrons. The molecule has 1 fully saturated rings. The van der Waals surface area contributed by atoms with E-state index in [4.69, 9.17) is 0 Å². The fraction of sp³-hybridized carbons (Fsp3) is 0.818. The summed E-state index contributed by atoms with van der Waals surface area (Å²) in [5.41, 5.74) is 0.693. The highest BCUT2D eigenvalue weighted by Gasteiger charge is 2.36. The molecule has 0 aromatic heterocycles. The van der Waals surface area contributed by atoms with E-state index in [1.165, 1.54) is 38.5 Å². The summed E-state index contributed by atoms with van der Waals surface area (Å²) in [5.74, 6) is 1.04. The molecule has 0 heterocycles. The zero-order valence-corrected chi connectivity index (χ0v) is 7.47. The highest BCUT2D eigenvalue weighted by atomic mass is 14.4. The van der Waals surface area contributed by atoms with Crippen molar-refractivity contribution >= 4 is 0 Å². The first-order valence-corrected chi connectivity index (χ1v) is 5.02. The molecule has 2 atom stereocenters. The van der Waals surface area contributed by atoms with E-state index in [0.29, 0.717) is 5.41 Å². The van der Waals surface area contributed by atoms with Crippen LogP contribution in [0.15, 0.2) is 12.2 Å². The van der Waals surface area contributed by atoms with Gasteiger partial charge in [-0.15, -0.1) is 0 Å². The number of allylic oxidation sites excluding steroid dienone is 2. The average molecular weight is 150 g/mol. The summed E-state index contributed by atoms with van der Waals surface area (Å²) in [4.78, 5) is 0. The zero-order chi connectivity index (χ0) is 7.73. The van der Waals surface area contributed by atoms with Crippen molar-refractivity contribution in [3.05, 3.63) is 12.2 Å². The minimum atomic E-state index is 0.693. The Morgan fingerprint density at radius 3 is 2.91 bits per heavy atom. The molecule has 0 aromatic carbocycles. The van der Waals surface area contributed by atoms with Crippen LogP contribution in [0.4, 0.5) is 0 Å². The third-order valence-corrected chi connectivity index (χ3v) is 3.56. The molecular formula is C11H18. The van der Waals surface area contributed by atoms with E-state index in [2.05, 4.69) is 19.1 Å². The summed E-state index contributed by atoms with van der Waals surface area (Å²) < 4.78 is 0. The van der Waals surface area contributed by atoms with E-state index < -0.39 is 0 Å². The molecule has 1 saturated carbocycles. The molecule has 2 rings (SSSR count). The minimum absolute atomic E-state index is 0.693. The van der Waals surface area contributed by atoms with Crippen molar-refractivity contribution in [3.63, 3.8) is 0 Å². The van der Waals surface area contributed by atoms with Gasteiger partial charge >= 0.3 is 0 Å². The Hall–Kier alpha value is -0.260. The quantitative estimate of drug-likeness (QED) is 0.502. The first-order chi connectivity index (χ1) is 5.35. The first-order valence-electron chi connectivity index (χ1n) is 5.02. The van der Waals surface area contributed by atoms with Crippen molar-refractivity contribution in [3.8, 4) is 0 Å². The second kappa shape index (κ2) is 2.66. The molecule has 0 nitrogen and oxygen atoms in total. The van der Waals surface area contributed by atoms with E-state index in [9.17, 15) is 0 Å². The molecule has 2 aliphatic carbocycles. The topological polar surface area (TPSA) is 0 Å². The van der Waals surface area contributed by atoms with Crippen LogP contribution in [0.2, 0.25) is 0 Å². The van der Waals surface area contributed by atoms with E-state index in [-0.39, 0.29) is 0 Å². The summed E-state index contributed by atoms with van der Waals surface area (Å²) in [6, 6.07) is 0. The van der Waals surface area contributed by atoms with Crippen LogP contribution < -0.4 is 0 Å². The molecular weight excluding hydrogens is 132 g/mol. The van der Waals surface area contributed by atoms with Crippen LogP contribution in [-0.4, -0.2) is 0 Å². The monoisotopic (exact) mass is 150 g/mol. The third kappa shape index (κ3) is 1.23. The summed E-state index contributed by atoms with van der Waals surface area (Å²) in [6.45, 7) is 2.34. The summed E-state index contributed by atoms with van der Waals surface area (Å²) >= 11 is 0. The van der Waals surface area contributed by atoms with Crippen molar-refractivity contribution in [1.29, 1.82) is 0 Å². The van der Waals surface area contributed by atoms with Crippen molar-refractivity contribution in [2.45, 2.75) is 45.4 Å². The smallest absolute Gasteiger partial charge is 0.00811 e. The van der Waals surface area contributed by atoms with Gasteiger partial charge in [0.1, 0.15) is 0 Å². The maximum absolute atomic E-state index is 2.47. The van der Waals surface area contributed by atoms with Gasteiger partial charge in [0.05, 0.1) is 0 Å². The predicted molar refractivity (Wildman–Crippen MR) is 48.4 cm³/mol. The highest BCUT2D eigenvalue weighted by molar-refractivity contribution is 5.14. The van der Waals surface area contributed by atoms with Gasteiger partial charge in [0.25, 0.3) is 0 Å². The maximum Gasteiger partial charge on any atom is -0.00811 e. The highest BCUT2D eigenvalue weighted by Crippen LogP contribution is 2.48. The molecule has 0 heteroatoms. The number of hydrogen-bond acceptors (Lipinski definition) is 0. The molecule has 0 saturated heterocycles. The molecule has 0 amide bonds. The Balaban J connectivity index is 1.98. The average Bonchev–Trinajstić information content (AvgIpc) is 2.02. The SMILES string of the molecule is CCC1CCCC2(C=CC2)C1. The van der Waals surface area contributed by atoms with Gasteiger partial charge in [-0.3, -0.25) is 0 Å². The van der Waals surface area contributed by atoms with Crippen LogP contribution in [-0.2, 0) is 0 Å². The Morgan fingerprint density at radius 1 is 1.55 bits per heavy atom. The molecule has 1 spiro atoms. The van der Waals surface area contributed by atoms with Crippen LogP contribution in [0.25, 0.3) is 0 Å². The number of hydrogen-bond donors (Lipinski definition) is 0. The fourth-order valence-corrected chi connectivity index (χ4v) is 2.66. The van der Waals surface area contributed by atoms with E-state index in [0.717, 1.165) is 5.92 Å². The van der Waals surface area contributed by atoms with Crippen molar-refractivity contribution in [1.82, 2.24) is 0 Å². The molecule has 0 radical (unpaired) electrons. The second-order valence-electron chi connectivity index (χ2n) is 4.34.